The molecule has 4 nitrogen and oxygen atoms in total. The molecule has 0 spiro atoms. The summed E-state index contributed by atoms with van der Waals surface area (Å²) in [4.78, 5) is 22.8. The minimum Gasteiger partial charge on any atom is -0.352 e. The molecule has 0 aromatic rings. The molecule has 19 heavy (non-hydrogen) atoms. The van der Waals surface area contributed by atoms with Crippen LogP contribution in [-0.4, -0.2) is 18.4 Å². The van der Waals surface area contributed by atoms with E-state index in [1.807, 2.05) is 6.92 Å². The lowest BCUT2D eigenvalue weighted by Crippen LogP contribution is -2.57. The Labute approximate surface area is 114 Å². The molecule has 2 aliphatic rings. The Morgan fingerprint density at radius 1 is 1.58 bits per heavy atom. The minimum atomic E-state index is -0.503. The van der Waals surface area contributed by atoms with Crippen molar-refractivity contribution >= 4 is 11.8 Å². The van der Waals surface area contributed by atoms with Crippen molar-refractivity contribution in [1.29, 1.82) is 0 Å². The summed E-state index contributed by atoms with van der Waals surface area (Å²) < 4.78 is 0. The second-order valence-electron chi connectivity index (χ2n) is 6.16. The highest BCUT2D eigenvalue weighted by atomic mass is 16.2. The van der Waals surface area contributed by atoms with Crippen molar-refractivity contribution in [2.75, 3.05) is 6.54 Å². The number of rotatable bonds is 5. The number of nitrogens with two attached hydrogens (primary N) is 1. The van der Waals surface area contributed by atoms with Gasteiger partial charge in [-0.2, -0.15) is 0 Å². The summed E-state index contributed by atoms with van der Waals surface area (Å²) in [5, 5.41) is 2.73. The van der Waals surface area contributed by atoms with Crippen LogP contribution in [0.1, 0.15) is 40.0 Å². The van der Waals surface area contributed by atoms with Gasteiger partial charge < -0.3 is 11.1 Å². The summed E-state index contributed by atoms with van der Waals surface area (Å²) in [5.41, 5.74) is 6.56. The standard InChI is InChI=1S/C15H24N2O2/c1-4-11-5-12-7-15(13(12)6-11,8-17-14(16)19)9(2)10(3)18/h6,9,12-13H,4-5,7-8H2,1-3H3,(H3,16,17,19). The van der Waals surface area contributed by atoms with Crippen molar-refractivity contribution in [3.8, 4) is 0 Å². The normalized spacial score (nSPS) is 33.9. The number of carbonyl (C=O) groups is 2. The first-order valence-electron chi connectivity index (χ1n) is 7.14. The molecule has 2 rings (SSSR count). The molecule has 0 radical (unpaired) electrons. The van der Waals surface area contributed by atoms with E-state index < -0.39 is 6.03 Å². The zero-order valence-electron chi connectivity index (χ0n) is 12.0. The van der Waals surface area contributed by atoms with Crippen LogP contribution in [0.2, 0.25) is 0 Å². The third-order valence-corrected chi connectivity index (χ3v) is 5.27. The van der Waals surface area contributed by atoms with Crippen LogP contribution in [0.5, 0.6) is 0 Å². The maximum Gasteiger partial charge on any atom is 0.312 e. The third kappa shape index (κ3) is 2.28. The number of nitrogens with one attached hydrogen (secondary N) is 1. The van der Waals surface area contributed by atoms with E-state index in [4.69, 9.17) is 5.73 Å². The second kappa shape index (κ2) is 4.99. The number of carbonyl (C=O) groups excluding carboxylic acids is 2. The van der Waals surface area contributed by atoms with Gasteiger partial charge >= 0.3 is 6.03 Å². The van der Waals surface area contributed by atoms with Gasteiger partial charge in [-0.05, 0) is 38.0 Å². The molecule has 0 aliphatic heterocycles. The zero-order valence-corrected chi connectivity index (χ0v) is 12.0. The maximum atomic E-state index is 11.8. The lowest BCUT2D eigenvalue weighted by Gasteiger charge is -2.55. The van der Waals surface area contributed by atoms with Crippen LogP contribution in [0.3, 0.4) is 0 Å². The smallest absolute Gasteiger partial charge is 0.312 e. The molecule has 0 saturated heterocycles. The number of urea groups is 1. The summed E-state index contributed by atoms with van der Waals surface area (Å²) >= 11 is 0. The number of hydrogen-bond donors (Lipinski definition) is 2. The molecule has 2 aliphatic carbocycles. The minimum absolute atomic E-state index is 0.0342. The number of ketones is 1. The van der Waals surface area contributed by atoms with Crippen LogP contribution in [0.4, 0.5) is 4.79 Å². The van der Waals surface area contributed by atoms with Gasteiger partial charge in [0, 0.05) is 17.9 Å². The van der Waals surface area contributed by atoms with Crippen molar-refractivity contribution in [3.63, 3.8) is 0 Å². The molecule has 4 unspecified atom stereocenters. The van der Waals surface area contributed by atoms with Gasteiger partial charge in [-0.1, -0.05) is 25.5 Å². The second-order valence-corrected chi connectivity index (χ2v) is 6.16. The van der Waals surface area contributed by atoms with Crippen molar-refractivity contribution in [3.05, 3.63) is 11.6 Å². The number of allylic oxidation sites excluding steroid dienone is 2. The summed E-state index contributed by atoms with van der Waals surface area (Å²) in [6, 6.07) is -0.503. The first-order chi connectivity index (χ1) is 8.90. The van der Waals surface area contributed by atoms with Gasteiger partial charge in [-0.3, -0.25) is 4.79 Å². The van der Waals surface area contributed by atoms with Crippen LogP contribution in [0, 0.1) is 23.2 Å². The van der Waals surface area contributed by atoms with Crippen LogP contribution in [0.15, 0.2) is 11.6 Å². The van der Waals surface area contributed by atoms with E-state index in [9.17, 15) is 9.59 Å². The fraction of sp³-hybridized carbons (Fsp3) is 0.733. The van der Waals surface area contributed by atoms with Gasteiger partial charge in [-0.15, -0.1) is 0 Å². The largest absolute Gasteiger partial charge is 0.352 e. The highest BCUT2D eigenvalue weighted by molar-refractivity contribution is 5.79. The van der Waals surface area contributed by atoms with Crippen LogP contribution < -0.4 is 11.1 Å². The Morgan fingerprint density at radius 3 is 2.79 bits per heavy atom. The van der Waals surface area contributed by atoms with Crippen LogP contribution in [0.25, 0.3) is 0 Å². The Balaban J connectivity index is 2.20. The van der Waals surface area contributed by atoms with Crippen LogP contribution in [-0.2, 0) is 4.79 Å². The van der Waals surface area contributed by atoms with E-state index in [1.165, 1.54) is 5.57 Å². The molecule has 1 saturated carbocycles. The molecule has 3 N–H and O–H groups in total. The molecular weight excluding hydrogens is 240 g/mol. The van der Waals surface area contributed by atoms with E-state index in [2.05, 4.69) is 18.3 Å². The first-order valence-corrected chi connectivity index (χ1v) is 7.14. The predicted octanol–water partition coefficient (Wildman–Crippen LogP) is 2.24. The van der Waals surface area contributed by atoms with Crippen molar-refractivity contribution in [2.45, 2.75) is 40.0 Å². The lowest BCUT2D eigenvalue weighted by molar-refractivity contribution is -0.132. The SMILES string of the molecule is CCC1=CC2C(C1)CC2(CNC(N)=O)C(C)C(C)=O. The van der Waals surface area contributed by atoms with Gasteiger partial charge in [0.1, 0.15) is 5.78 Å². The average Bonchev–Trinajstić information content (AvgIpc) is 2.68. The van der Waals surface area contributed by atoms with E-state index in [1.54, 1.807) is 6.92 Å². The molecule has 0 bridgehead atoms. The molecule has 4 atom stereocenters. The molecule has 106 valence electrons. The molecule has 2 amide bonds. The quantitative estimate of drug-likeness (QED) is 0.747. The molecule has 0 aromatic heterocycles. The summed E-state index contributed by atoms with van der Waals surface area (Å²) in [7, 11) is 0. The Kier molecular flexibility index (Phi) is 3.70. The monoisotopic (exact) mass is 264 g/mol. The van der Waals surface area contributed by atoms with Gasteiger partial charge in [0.25, 0.3) is 0 Å². The van der Waals surface area contributed by atoms with Gasteiger partial charge in [-0.25, -0.2) is 4.79 Å². The van der Waals surface area contributed by atoms with Gasteiger partial charge in [0.05, 0.1) is 0 Å². The van der Waals surface area contributed by atoms with E-state index in [0.717, 1.165) is 19.3 Å². The Bertz CT molecular complexity index is 430. The molecule has 4 heteroatoms. The highest BCUT2D eigenvalue weighted by Gasteiger charge is 2.58. The van der Waals surface area contributed by atoms with Crippen molar-refractivity contribution < 1.29 is 9.59 Å². The molecule has 0 aromatic carbocycles. The zero-order chi connectivity index (χ0) is 14.2. The van der Waals surface area contributed by atoms with Crippen molar-refractivity contribution in [2.24, 2.45) is 28.9 Å². The first kappa shape index (κ1) is 14.1. The number of primary amides is 1. The molecule has 0 heterocycles. The van der Waals surface area contributed by atoms with Gasteiger partial charge in [0.2, 0.25) is 0 Å². The van der Waals surface area contributed by atoms with Crippen LogP contribution >= 0.6 is 0 Å². The predicted molar refractivity (Wildman–Crippen MR) is 74.5 cm³/mol. The lowest BCUT2D eigenvalue weighted by atomic mass is 9.49. The molecular formula is C15H24N2O2. The highest BCUT2D eigenvalue weighted by Crippen LogP contribution is 2.61. The van der Waals surface area contributed by atoms with E-state index >= 15 is 0 Å². The number of amides is 2. The number of hydrogen-bond acceptors (Lipinski definition) is 2. The van der Waals surface area contributed by atoms with Crippen molar-refractivity contribution in [1.82, 2.24) is 5.32 Å². The average molecular weight is 264 g/mol. The van der Waals surface area contributed by atoms with Gasteiger partial charge in [0.15, 0.2) is 0 Å². The summed E-state index contributed by atoms with van der Waals surface area (Å²) in [6.45, 7) is 6.31. The summed E-state index contributed by atoms with van der Waals surface area (Å²) in [5.74, 6) is 1.25. The van der Waals surface area contributed by atoms with E-state index in [-0.39, 0.29) is 17.1 Å². The van der Waals surface area contributed by atoms with E-state index in [0.29, 0.717) is 18.4 Å². The third-order valence-electron chi connectivity index (χ3n) is 5.27. The topological polar surface area (TPSA) is 72.2 Å². The fourth-order valence-electron chi connectivity index (χ4n) is 3.95. The fourth-order valence-corrected chi connectivity index (χ4v) is 3.95. The maximum absolute atomic E-state index is 11.8. The number of fused-ring (bicyclic) bond motifs is 1. The number of Topliss-reactive ketones (excluding diaryl/α,β-unsaturated/α-hetero) is 1. The summed E-state index contributed by atoms with van der Waals surface area (Å²) in [6.07, 6.45) is 5.60. The Hall–Kier alpha value is -1.32. The molecule has 1 fully saturated rings. The Morgan fingerprint density at radius 2 is 2.26 bits per heavy atom.